The number of hydrogen-bond acceptors (Lipinski definition) is 7. The molecule has 0 bridgehead atoms. The number of carbonyl (C=O) groups excluding carboxylic acids is 2. The third-order valence-electron chi connectivity index (χ3n) is 3.76. The Bertz CT molecular complexity index is 1060. The van der Waals surface area contributed by atoms with Crippen LogP contribution in [0.25, 0.3) is 0 Å². The fourth-order valence-electron chi connectivity index (χ4n) is 2.25. The van der Waals surface area contributed by atoms with Crippen LogP contribution in [0.1, 0.15) is 10.4 Å². The van der Waals surface area contributed by atoms with Gasteiger partial charge in [0.05, 0.1) is 26.9 Å². The zero-order valence-electron chi connectivity index (χ0n) is 17.9. The lowest BCUT2D eigenvalue weighted by molar-refractivity contribution is -0.120. The molecule has 1 N–H and O–H groups in total. The average Bonchev–Trinajstić information content (AvgIpc) is 2.80. The van der Waals surface area contributed by atoms with E-state index in [1.165, 1.54) is 21.3 Å². The van der Waals surface area contributed by atoms with E-state index >= 15 is 0 Å². The molecule has 3 aromatic rings. The van der Waals surface area contributed by atoms with Gasteiger partial charge in [-0.2, -0.15) is 0 Å². The van der Waals surface area contributed by atoms with Gasteiger partial charge in [-0.3, -0.25) is 9.59 Å². The third kappa shape index (κ3) is 9.85. The number of aldehydes is 1. The summed E-state index contributed by atoms with van der Waals surface area (Å²) in [4.78, 5) is 20.5. The number of methoxy groups -OCH3 is 3. The lowest BCUT2D eigenvalue weighted by Crippen LogP contribution is -1.92. The van der Waals surface area contributed by atoms with E-state index in [-0.39, 0.29) is 5.75 Å². The van der Waals surface area contributed by atoms with Crippen LogP contribution in [0, 0.1) is 0 Å². The standard InChI is InChI=1S/C8H7BrO3.C8H7BrO2.C7H7BrO2/c1-11-7-3-2-6(9)4-8(7)12-5-10;1-11-8-3-2-7(9)4-6(8)5-10;1-10-7-3-2-5(8)4-6(7)9/h2-5H,1H3;2-5H,1H3;2-4,9H,1H3. The minimum atomic E-state index is 0.150. The molecule has 0 unspecified atom stereocenters. The maximum Gasteiger partial charge on any atom is 0.298 e. The summed E-state index contributed by atoms with van der Waals surface area (Å²) in [6.07, 6.45) is 0.767. The van der Waals surface area contributed by atoms with Gasteiger partial charge in [-0.25, -0.2) is 0 Å². The molecule has 7 nitrogen and oxygen atoms in total. The number of benzene rings is 3. The number of phenols is 1. The number of rotatable bonds is 6. The second-order valence-corrected chi connectivity index (χ2v) is 8.58. The van der Waals surface area contributed by atoms with E-state index in [2.05, 4.69) is 52.5 Å². The molecule has 0 saturated heterocycles. The Kier molecular flexibility index (Phi) is 13.2. The van der Waals surface area contributed by atoms with Crippen molar-refractivity contribution in [1.82, 2.24) is 0 Å². The molecule has 0 heterocycles. The molecule has 176 valence electrons. The second-order valence-electron chi connectivity index (χ2n) is 5.83. The van der Waals surface area contributed by atoms with Gasteiger partial charge < -0.3 is 24.1 Å². The maximum atomic E-state index is 10.4. The van der Waals surface area contributed by atoms with Crippen LogP contribution >= 0.6 is 47.8 Å². The SMILES string of the molecule is COc1ccc(Br)cc1C=O.COc1ccc(Br)cc1O.COc1ccc(Br)cc1OC=O. The average molecular weight is 649 g/mol. The molecule has 0 radical (unpaired) electrons. The number of halogens is 3. The summed E-state index contributed by atoms with van der Waals surface area (Å²) in [6.45, 7) is 0.365. The van der Waals surface area contributed by atoms with Crippen LogP contribution in [0.2, 0.25) is 0 Å². The zero-order chi connectivity index (χ0) is 24.8. The van der Waals surface area contributed by atoms with E-state index in [1.54, 1.807) is 48.5 Å². The Morgan fingerprint density at radius 2 is 1.15 bits per heavy atom. The first-order valence-corrected chi connectivity index (χ1v) is 11.4. The van der Waals surface area contributed by atoms with Crippen LogP contribution < -0.4 is 18.9 Å². The normalized spacial score (nSPS) is 9.27. The minimum absolute atomic E-state index is 0.150. The van der Waals surface area contributed by atoms with E-state index in [0.717, 1.165) is 19.7 Å². The van der Waals surface area contributed by atoms with E-state index < -0.39 is 0 Å². The fourth-order valence-corrected chi connectivity index (χ4v) is 3.32. The molecule has 10 heteroatoms. The molecule has 0 aliphatic heterocycles. The summed E-state index contributed by atoms with van der Waals surface area (Å²) in [6, 6.07) is 15.5. The summed E-state index contributed by atoms with van der Waals surface area (Å²) in [7, 11) is 4.57. The summed E-state index contributed by atoms with van der Waals surface area (Å²) in [5, 5.41) is 9.14. The van der Waals surface area contributed by atoms with Crippen LogP contribution in [0.5, 0.6) is 28.7 Å². The van der Waals surface area contributed by atoms with Gasteiger partial charge in [0, 0.05) is 13.4 Å². The number of hydrogen-bond donors (Lipinski definition) is 1. The van der Waals surface area contributed by atoms with Crippen molar-refractivity contribution in [2.45, 2.75) is 0 Å². The van der Waals surface area contributed by atoms with Gasteiger partial charge in [0.1, 0.15) is 5.75 Å². The Hall–Kier alpha value is -2.56. The van der Waals surface area contributed by atoms with E-state index in [9.17, 15) is 9.59 Å². The van der Waals surface area contributed by atoms with Crippen molar-refractivity contribution in [3.8, 4) is 28.7 Å². The van der Waals surface area contributed by atoms with Crippen LogP contribution in [-0.4, -0.2) is 39.2 Å². The van der Waals surface area contributed by atoms with Crippen LogP contribution in [-0.2, 0) is 4.79 Å². The van der Waals surface area contributed by atoms with Gasteiger partial charge in [-0.15, -0.1) is 0 Å². The van der Waals surface area contributed by atoms with Gasteiger partial charge in [0.2, 0.25) is 0 Å². The largest absolute Gasteiger partial charge is 0.504 e. The maximum absolute atomic E-state index is 10.4. The first-order valence-electron chi connectivity index (χ1n) is 9.04. The van der Waals surface area contributed by atoms with Gasteiger partial charge in [0.15, 0.2) is 29.3 Å². The van der Waals surface area contributed by atoms with Crippen LogP contribution in [0.15, 0.2) is 68.0 Å². The van der Waals surface area contributed by atoms with Gasteiger partial charge in [-0.1, -0.05) is 47.8 Å². The van der Waals surface area contributed by atoms with Crippen molar-refractivity contribution < 1.29 is 33.6 Å². The minimum Gasteiger partial charge on any atom is -0.504 e. The number of aromatic hydroxyl groups is 1. The van der Waals surface area contributed by atoms with E-state index in [4.69, 9.17) is 19.3 Å². The summed E-state index contributed by atoms with van der Waals surface area (Å²) in [5.74, 6) is 2.18. The van der Waals surface area contributed by atoms with Crippen LogP contribution in [0.3, 0.4) is 0 Å². The summed E-state index contributed by atoms with van der Waals surface area (Å²) in [5.41, 5.74) is 0.557. The van der Waals surface area contributed by atoms with Crippen molar-refractivity contribution in [3.05, 3.63) is 73.6 Å². The predicted octanol–water partition coefficient (Wildman–Crippen LogP) is 6.43. The quantitative estimate of drug-likeness (QED) is 0.308. The Labute approximate surface area is 217 Å². The lowest BCUT2D eigenvalue weighted by atomic mass is 10.2. The van der Waals surface area contributed by atoms with E-state index in [1.807, 2.05) is 6.07 Å². The first kappa shape index (κ1) is 28.5. The molecule has 33 heavy (non-hydrogen) atoms. The molecule has 3 aromatic carbocycles. The van der Waals surface area contributed by atoms with Crippen molar-refractivity contribution in [2.24, 2.45) is 0 Å². The third-order valence-corrected chi connectivity index (χ3v) is 5.24. The summed E-state index contributed by atoms with van der Waals surface area (Å²) >= 11 is 9.71. The molecule has 0 aliphatic carbocycles. The molecule has 3 rings (SSSR count). The first-order chi connectivity index (χ1) is 15.8. The topological polar surface area (TPSA) is 91.3 Å². The van der Waals surface area contributed by atoms with Crippen molar-refractivity contribution >= 4 is 60.5 Å². The van der Waals surface area contributed by atoms with Gasteiger partial charge >= 0.3 is 0 Å². The highest BCUT2D eigenvalue weighted by molar-refractivity contribution is 9.11. The highest BCUT2D eigenvalue weighted by Gasteiger charge is 2.03. The lowest BCUT2D eigenvalue weighted by Gasteiger charge is -2.05. The van der Waals surface area contributed by atoms with Gasteiger partial charge in [0.25, 0.3) is 6.47 Å². The monoisotopic (exact) mass is 646 g/mol. The smallest absolute Gasteiger partial charge is 0.298 e. The number of phenolic OH excluding ortho intramolecular Hbond substituents is 1. The second kappa shape index (κ2) is 15.3. The van der Waals surface area contributed by atoms with Crippen molar-refractivity contribution in [1.29, 1.82) is 0 Å². The molecular weight excluding hydrogens is 628 g/mol. The molecule has 0 fully saturated rings. The molecule has 0 atom stereocenters. The number of ether oxygens (including phenoxy) is 4. The Balaban J connectivity index is 0.000000249. The predicted molar refractivity (Wildman–Crippen MR) is 136 cm³/mol. The van der Waals surface area contributed by atoms with E-state index in [0.29, 0.717) is 35.0 Å². The fraction of sp³-hybridized carbons (Fsp3) is 0.130. The van der Waals surface area contributed by atoms with Crippen molar-refractivity contribution in [2.75, 3.05) is 21.3 Å². The van der Waals surface area contributed by atoms with Crippen molar-refractivity contribution in [3.63, 3.8) is 0 Å². The van der Waals surface area contributed by atoms with Crippen LogP contribution in [0.4, 0.5) is 0 Å². The highest BCUT2D eigenvalue weighted by Crippen LogP contribution is 2.30. The Morgan fingerprint density at radius 3 is 1.64 bits per heavy atom. The number of carbonyl (C=O) groups is 2. The molecule has 0 spiro atoms. The molecule has 0 aliphatic rings. The molecular formula is C23H21Br3O7. The highest BCUT2D eigenvalue weighted by atomic mass is 79.9. The van der Waals surface area contributed by atoms with Gasteiger partial charge in [-0.05, 0) is 54.6 Å². The molecule has 0 aromatic heterocycles. The molecule has 0 saturated carbocycles. The summed E-state index contributed by atoms with van der Waals surface area (Å²) < 4.78 is 21.9. The molecule has 0 amide bonds. The zero-order valence-corrected chi connectivity index (χ0v) is 22.6. The Morgan fingerprint density at radius 1 is 0.667 bits per heavy atom.